The van der Waals surface area contributed by atoms with Gasteiger partial charge in [0.2, 0.25) is 5.76 Å². The third kappa shape index (κ3) is 2.96. The van der Waals surface area contributed by atoms with E-state index in [1.165, 1.54) is 7.11 Å². The zero-order valence-corrected chi connectivity index (χ0v) is 12.2. The molecule has 2 rings (SSSR count). The molecule has 1 fully saturated rings. The van der Waals surface area contributed by atoms with Crippen LogP contribution >= 0.6 is 0 Å². The third-order valence-corrected chi connectivity index (χ3v) is 3.05. The first-order chi connectivity index (χ1) is 9.48. The second kappa shape index (κ2) is 5.85. The summed E-state index contributed by atoms with van der Waals surface area (Å²) in [6.45, 7) is 6.11. The minimum Gasteiger partial charge on any atom is -0.493 e. The van der Waals surface area contributed by atoms with Crippen LogP contribution in [-0.2, 0) is 28.5 Å². The Labute approximate surface area is 118 Å². The molecule has 0 spiro atoms. The van der Waals surface area contributed by atoms with E-state index >= 15 is 0 Å². The lowest BCUT2D eigenvalue weighted by molar-refractivity contribution is -0.163. The van der Waals surface area contributed by atoms with Gasteiger partial charge in [-0.05, 0) is 20.8 Å². The van der Waals surface area contributed by atoms with Crippen molar-refractivity contribution in [3.8, 4) is 0 Å². The molecular formula is C14H20O6. The van der Waals surface area contributed by atoms with E-state index in [1.807, 2.05) is 26.8 Å². The van der Waals surface area contributed by atoms with Gasteiger partial charge in [-0.2, -0.15) is 0 Å². The average Bonchev–Trinajstić information content (AvgIpc) is 2.90. The molecule has 0 aromatic rings. The van der Waals surface area contributed by atoms with Crippen molar-refractivity contribution in [1.82, 2.24) is 0 Å². The van der Waals surface area contributed by atoms with Crippen LogP contribution in [0, 0.1) is 0 Å². The van der Waals surface area contributed by atoms with Crippen LogP contribution in [0.3, 0.4) is 0 Å². The van der Waals surface area contributed by atoms with E-state index in [4.69, 9.17) is 23.7 Å². The van der Waals surface area contributed by atoms with E-state index in [9.17, 15) is 4.79 Å². The first-order valence-electron chi connectivity index (χ1n) is 6.53. The predicted molar refractivity (Wildman–Crippen MR) is 69.6 cm³/mol. The van der Waals surface area contributed by atoms with Gasteiger partial charge in [0.25, 0.3) is 0 Å². The molecule has 112 valence electrons. The van der Waals surface area contributed by atoms with Gasteiger partial charge in [-0.15, -0.1) is 0 Å². The summed E-state index contributed by atoms with van der Waals surface area (Å²) in [6, 6.07) is 0. The smallest absolute Gasteiger partial charge is 0.378 e. The van der Waals surface area contributed by atoms with E-state index in [0.717, 1.165) is 0 Å². The first kappa shape index (κ1) is 14.9. The fourth-order valence-electron chi connectivity index (χ4n) is 2.13. The fourth-order valence-corrected chi connectivity index (χ4v) is 2.13. The molecule has 0 aromatic heterocycles. The second-order valence-corrected chi connectivity index (χ2v) is 4.97. The molecule has 6 heteroatoms. The summed E-state index contributed by atoms with van der Waals surface area (Å²) in [5, 5.41) is 0. The van der Waals surface area contributed by atoms with E-state index in [-0.39, 0.29) is 12.4 Å². The minimum absolute atomic E-state index is 0.101. The topological polar surface area (TPSA) is 63.2 Å². The Bertz CT molecular complexity index is 437. The highest BCUT2D eigenvalue weighted by atomic mass is 16.8. The molecule has 0 bridgehead atoms. The molecule has 2 aliphatic rings. The molecule has 0 unspecified atom stereocenters. The number of methoxy groups -OCH3 is 1. The normalized spacial score (nSPS) is 29.1. The predicted octanol–water partition coefficient (Wildman–Crippen LogP) is 1.51. The quantitative estimate of drug-likeness (QED) is 0.563. The highest BCUT2D eigenvalue weighted by Gasteiger charge is 2.47. The highest BCUT2D eigenvalue weighted by molar-refractivity contribution is 5.89. The summed E-state index contributed by atoms with van der Waals surface area (Å²) in [5.74, 6) is -0.774. The Balaban J connectivity index is 2.13. The van der Waals surface area contributed by atoms with E-state index in [2.05, 4.69) is 0 Å². The van der Waals surface area contributed by atoms with Crippen LogP contribution in [-0.4, -0.2) is 44.3 Å². The van der Waals surface area contributed by atoms with E-state index in [0.29, 0.717) is 12.4 Å². The van der Waals surface area contributed by atoms with Gasteiger partial charge in [0, 0.05) is 0 Å². The highest BCUT2D eigenvalue weighted by Crippen LogP contribution is 2.33. The molecule has 2 heterocycles. The monoisotopic (exact) mass is 284 g/mol. The molecule has 0 saturated carbocycles. The van der Waals surface area contributed by atoms with Crippen LogP contribution in [0.25, 0.3) is 0 Å². The van der Waals surface area contributed by atoms with Crippen LogP contribution in [0.4, 0.5) is 0 Å². The lowest BCUT2D eigenvalue weighted by Gasteiger charge is -2.21. The lowest BCUT2D eigenvalue weighted by atomic mass is 10.2. The summed E-state index contributed by atoms with van der Waals surface area (Å²) in [5.41, 5.74) is 0. The molecule has 2 atom stereocenters. The Kier molecular flexibility index (Phi) is 4.35. The van der Waals surface area contributed by atoms with Crippen molar-refractivity contribution < 1.29 is 28.5 Å². The third-order valence-electron chi connectivity index (χ3n) is 3.05. The summed E-state index contributed by atoms with van der Waals surface area (Å²) >= 11 is 0. The summed E-state index contributed by atoms with van der Waals surface area (Å²) in [4.78, 5) is 11.9. The van der Waals surface area contributed by atoms with Gasteiger partial charge in [-0.25, -0.2) is 4.79 Å². The maximum absolute atomic E-state index is 11.9. The van der Waals surface area contributed by atoms with Crippen molar-refractivity contribution in [3.05, 3.63) is 23.7 Å². The Hall–Kier alpha value is -1.53. The summed E-state index contributed by atoms with van der Waals surface area (Å²) < 4.78 is 27.1. The maximum atomic E-state index is 11.9. The molecule has 2 aliphatic heterocycles. The first-order valence-corrected chi connectivity index (χ1v) is 6.53. The number of rotatable bonds is 5. The van der Waals surface area contributed by atoms with E-state index < -0.39 is 24.0 Å². The Morgan fingerprint density at radius 1 is 1.45 bits per heavy atom. The fraction of sp³-hybridized carbons (Fsp3) is 0.643. The van der Waals surface area contributed by atoms with Crippen LogP contribution in [0.2, 0.25) is 0 Å². The molecule has 1 saturated heterocycles. The number of hydrogen-bond donors (Lipinski definition) is 0. The van der Waals surface area contributed by atoms with Gasteiger partial charge in [-0.1, -0.05) is 12.2 Å². The molecule has 0 aliphatic carbocycles. The Morgan fingerprint density at radius 3 is 2.75 bits per heavy atom. The second-order valence-electron chi connectivity index (χ2n) is 4.97. The van der Waals surface area contributed by atoms with Gasteiger partial charge in [-0.3, -0.25) is 0 Å². The number of allylic oxidation sites excluding steroid dienone is 1. The summed E-state index contributed by atoms with van der Waals surface area (Å²) in [6.07, 6.45) is 2.60. The van der Waals surface area contributed by atoms with Crippen molar-refractivity contribution in [2.24, 2.45) is 0 Å². The molecule has 0 aromatic carbocycles. The van der Waals surface area contributed by atoms with Crippen LogP contribution in [0.5, 0.6) is 0 Å². The van der Waals surface area contributed by atoms with Gasteiger partial charge in [0.15, 0.2) is 17.7 Å². The minimum atomic E-state index is -0.690. The maximum Gasteiger partial charge on any atom is 0.378 e. The summed E-state index contributed by atoms with van der Waals surface area (Å²) in [7, 11) is 1.48. The van der Waals surface area contributed by atoms with Crippen molar-refractivity contribution in [2.75, 3.05) is 20.3 Å². The molecule has 0 N–H and O–H groups in total. The molecule has 20 heavy (non-hydrogen) atoms. The number of ether oxygens (including phenoxy) is 5. The van der Waals surface area contributed by atoms with Crippen LogP contribution in [0.1, 0.15) is 20.8 Å². The molecular weight excluding hydrogens is 264 g/mol. The van der Waals surface area contributed by atoms with Crippen molar-refractivity contribution in [1.29, 1.82) is 0 Å². The van der Waals surface area contributed by atoms with Crippen LogP contribution in [0.15, 0.2) is 23.7 Å². The van der Waals surface area contributed by atoms with Gasteiger partial charge in [0.05, 0.1) is 13.7 Å². The standard InChI is InChI=1S/C14H20O6/c1-5-6-7-17-12-11(16-4)10(19-13(12)15)9-8-18-14(2,3)20-9/h5-6,9-10H,7-8H2,1-4H3/b6-5+/t9-,10+/m0/s1. The number of hydrogen-bond acceptors (Lipinski definition) is 6. The largest absolute Gasteiger partial charge is 0.493 e. The van der Waals surface area contributed by atoms with Crippen molar-refractivity contribution in [2.45, 2.75) is 38.8 Å². The molecule has 6 nitrogen and oxygen atoms in total. The van der Waals surface area contributed by atoms with Gasteiger partial charge >= 0.3 is 5.97 Å². The average molecular weight is 284 g/mol. The zero-order chi connectivity index (χ0) is 14.8. The number of carbonyl (C=O) groups is 1. The lowest BCUT2D eigenvalue weighted by Crippen LogP contribution is -2.33. The van der Waals surface area contributed by atoms with Gasteiger partial charge < -0.3 is 23.7 Å². The van der Waals surface area contributed by atoms with Gasteiger partial charge in [0.1, 0.15) is 12.7 Å². The number of carbonyl (C=O) groups excluding carboxylic acids is 1. The SMILES string of the molecule is C/C=C/COC1=C(OC)[C@@H]([C@@H]2COC(C)(C)O2)OC1=O. The zero-order valence-electron chi connectivity index (χ0n) is 12.2. The molecule has 0 amide bonds. The van der Waals surface area contributed by atoms with Crippen molar-refractivity contribution in [3.63, 3.8) is 0 Å². The number of cyclic esters (lactones) is 1. The van der Waals surface area contributed by atoms with E-state index in [1.54, 1.807) is 6.08 Å². The van der Waals surface area contributed by atoms with Crippen LogP contribution < -0.4 is 0 Å². The number of esters is 1. The Morgan fingerprint density at radius 2 is 2.20 bits per heavy atom. The van der Waals surface area contributed by atoms with Crippen molar-refractivity contribution >= 4 is 5.97 Å². The molecule has 0 radical (unpaired) electrons.